The van der Waals surface area contributed by atoms with Gasteiger partial charge in [0.25, 0.3) is 11.8 Å². The SMILES string of the molecule is CCOC(=O)C1CCN(/C=C2\C(=O)NC(=O)N(c3ccc(Cl)cc3)C2=O)CC1. The van der Waals surface area contributed by atoms with Gasteiger partial charge in [0.15, 0.2) is 0 Å². The van der Waals surface area contributed by atoms with Gasteiger partial charge in [-0.1, -0.05) is 11.6 Å². The largest absolute Gasteiger partial charge is 0.466 e. The molecule has 2 aliphatic rings. The first-order valence-electron chi connectivity index (χ1n) is 8.98. The first-order valence-corrected chi connectivity index (χ1v) is 9.36. The van der Waals surface area contributed by atoms with Crippen LogP contribution >= 0.6 is 11.6 Å². The predicted molar refractivity (Wildman–Crippen MR) is 101 cm³/mol. The van der Waals surface area contributed by atoms with E-state index in [1.54, 1.807) is 24.0 Å². The van der Waals surface area contributed by atoms with Crippen LogP contribution in [0.15, 0.2) is 36.0 Å². The lowest BCUT2D eigenvalue weighted by Gasteiger charge is -2.32. The number of urea groups is 1. The van der Waals surface area contributed by atoms with Crippen molar-refractivity contribution in [1.29, 1.82) is 0 Å². The van der Waals surface area contributed by atoms with Crippen LogP contribution in [-0.4, -0.2) is 48.4 Å². The zero-order valence-electron chi connectivity index (χ0n) is 15.3. The number of esters is 1. The Labute approximate surface area is 167 Å². The van der Waals surface area contributed by atoms with Crippen LogP contribution in [0.5, 0.6) is 0 Å². The van der Waals surface area contributed by atoms with Crippen molar-refractivity contribution >= 4 is 41.1 Å². The minimum Gasteiger partial charge on any atom is -0.466 e. The fraction of sp³-hybridized carbons (Fsp3) is 0.368. The molecular weight excluding hydrogens is 386 g/mol. The minimum absolute atomic E-state index is 0.135. The molecule has 4 amide bonds. The molecule has 2 aliphatic heterocycles. The Kier molecular flexibility index (Phi) is 5.99. The number of likely N-dealkylation sites (tertiary alicyclic amines) is 1. The molecule has 28 heavy (non-hydrogen) atoms. The van der Waals surface area contributed by atoms with Gasteiger partial charge < -0.3 is 9.64 Å². The number of halogens is 1. The van der Waals surface area contributed by atoms with E-state index in [9.17, 15) is 19.2 Å². The van der Waals surface area contributed by atoms with Crippen molar-refractivity contribution in [3.63, 3.8) is 0 Å². The number of hydrogen-bond donors (Lipinski definition) is 1. The van der Waals surface area contributed by atoms with Gasteiger partial charge in [-0.3, -0.25) is 19.7 Å². The molecule has 148 valence electrons. The average Bonchev–Trinajstić information content (AvgIpc) is 2.67. The average molecular weight is 406 g/mol. The molecule has 0 spiro atoms. The molecule has 0 aromatic heterocycles. The Morgan fingerprint density at radius 1 is 1.21 bits per heavy atom. The lowest BCUT2D eigenvalue weighted by atomic mass is 9.97. The number of carbonyl (C=O) groups is 4. The van der Waals surface area contributed by atoms with Crippen LogP contribution in [0.25, 0.3) is 0 Å². The van der Waals surface area contributed by atoms with Gasteiger partial charge >= 0.3 is 12.0 Å². The highest BCUT2D eigenvalue weighted by atomic mass is 35.5. The highest BCUT2D eigenvalue weighted by Gasteiger charge is 2.37. The first kappa shape index (κ1) is 19.9. The van der Waals surface area contributed by atoms with Gasteiger partial charge in [0.2, 0.25) is 0 Å². The van der Waals surface area contributed by atoms with Gasteiger partial charge in [-0.15, -0.1) is 0 Å². The van der Waals surface area contributed by atoms with E-state index in [4.69, 9.17) is 16.3 Å². The number of benzene rings is 1. The van der Waals surface area contributed by atoms with E-state index < -0.39 is 17.8 Å². The van der Waals surface area contributed by atoms with Gasteiger partial charge in [0.05, 0.1) is 18.2 Å². The van der Waals surface area contributed by atoms with Crippen molar-refractivity contribution in [2.24, 2.45) is 5.92 Å². The molecule has 0 radical (unpaired) electrons. The van der Waals surface area contributed by atoms with Crippen LogP contribution in [-0.2, 0) is 19.1 Å². The van der Waals surface area contributed by atoms with Crippen LogP contribution in [0.3, 0.4) is 0 Å². The number of ether oxygens (including phenoxy) is 1. The maximum atomic E-state index is 12.8. The van der Waals surface area contributed by atoms with E-state index in [-0.39, 0.29) is 17.5 Å². The molecule has 2 saturated heterocycles. The molecule has 2 heterocycles. The summed E-state index contributed by atoms with van der Waals surface area (Å²) in [5, 5.41) is 2.64. The fourth-order valence-corrected chi connectivity index (χ4v) is 3.30. The summed E-state index contributed by atoms with van der Waals surface area (Å²) in [4.78, 5) is 51.7. The normalized spacial score (nSPS) is 19.8. The van der Waals surface area contributed by atoms with E-state index in [1.165, 1.54) is 18.3 Å². The number of barbiturate groups is 1. The summed E-state index contributed by atoms with van der Waals surface area (Å²) in [6.45, 7) is 3.11. The van der Waals surface area contributed by atoms with E-state index in [2.05, 4.69) is 5.32 Å². The Bertz CT molecular complexity index is 828. The van der Waals surface area contributed by atoms with Crippen LogP contribution in [0, 0.1) is 5.92 Å². The van der Waals surface area contributed by atoms with Crippen LogP contribution in [0.2, 0.25) is 5.02 Å². The number of rotatable bonds is 4. The molecule has 0 aliphatic carbocycles. The first-order chi connectivity index (χ1) is 13.4. The van der Waals surface area contributed by atoms with Crippen molar-refractivity contribution in [3.8, 4) is 0 Å². The monoisotopic (exact) mass is 405 g/mol. The summed E-state index contributed by atoms with van der Waals surface area (Å²) < 4.78 is 5.04. The summed E-state index contributed by atoms with van der Waals surface area (Å²) in [6.07, 6.45) is 2.59. The second kappa shape index (κ2) is 8.43. The van der Waals surface area contributed by atoms with Crippen LogP contribution in [0.1, 0.15) is 19.8 Å². The summed E-state index contributed by atoms with van der Waals surface area (Å²) in [5.41, 5.74) is 0.176. The Balaban J connectivity index is 1.75. The summed E-state index contributed by atoms with van der Waals surface area (Å²) >= 11 is 5.85. The quantitative estimate of drug-likeness (QED) is 0.468. The third-order valence-electron chi connectivity index (χ3n) is 4.65. The number of hydrogen-bond acceptors (Lipinski definition) is 6. The molecule has 1 aromatic rings. The van der Waals surface area contributed by atoms with Gasteiger partial charge in [-0.25, -0.2) is 9.69 Å². The van der Waals surface area contributed by atoms with E-state index in [0.29, 0.717) is 43.2 Å². The maximum Gasteiger partial charge on any atom is 0.335 e. The zero-order chi connectivity index (χ0) is 20.3. The number of nitrogens with zero attached hydrogens (tertiary/aromatic N) is 2. The van der Waals surface area contributed by atoms with Gasteiger partial charge in [0, 0.05) is 24.3 Å². The third kappa shape index (κ3) is 4.17. The molecule has 0 unspecified atom stereocenters. The van der Waals surface area contributed by atoms with Crippen LogP contribution in [0.4, 0.5) is 10.5 Å². The minimum atomic E-state index is -0.810. The number of amides is 4. The highest BCUT2D eigenvalue weighted by Crippen LogP contribution is 2.24. The molecule has 0 bridgehead atoms. The predicted octanol–water partition coefficient (Wildman–Crippen LogP) is 2.08. The zero-order valence-corrected chi connectivity index (χ0v) is 16.1. The standard InChI is InChI=1S/C19H20ClN3O5/c1-2-28-18(26)12-7-9-22(10-8-12)11-15-16(24)21-19(27)23(17(15)25)14-5-3-13(20)4-6-14/h3-6,11-12H,2,7-10H2,1H3,(H,21,24,27)/b15-11+. The number of nitrogens with one attached hydrogen (secondary N) is 1. The van der Waals surface area contributed by atoms with Gasteiger partial charge in [-0.05, 0) is 44.0 Å². The topological polar surface area (TPSA) is 96.0 Å². The van der Waals surface area contributed by atoms with Crippen molar-refractivity contribution in [1.82, 2.24) is 10.2 Å². The van der Waals surface area contributed by atoms with Crippen LogP contribution < -0.4 is 10.2 Å². The molecule has 1 aromatic carbocycles. The number of imide groups is 2. The van der Waals surface area contributed by atoms with Gasteiger partial charge in [0.1, 0.15) is 5.57 Å². The summed E-state index contributed by atoms with van der Waals surface area (Å²) in [5.74, 6) is -1.85. The van der Waals surface area contributed by atoms with Crippen molar-refractivity contribution < 1.29 is 23.9 Å². The number of anilines is 1. The van der Waals surface area contributed by atoms with Gasteiger partial charge in [-0.2, -0.15) is 0 Å². The Morgan fingerprint density at radius 3 is 2.46 bits per heavy atom. The molecule has 0 atom stereocenters. The smallest absolute Gasteiger partial charge is 0.335 e. The van der Waals surface area contributed by atoms with Crippen molar-refractivity contribution in [3.05, 3.63) is 41.1 Å². The second-order valence-electron chi connectivity index (χ2n) is 6.48. The third-order valence-corrected chi connectivity index (χ3v) is 4.90. The number of piperidine rings is 1. The Morgan fingerprint density at radius 2 is 1.86 bits per heavy atom. The molecule has 8 nitrogen and oxygen atoms in total. The van der Waals surface area contributed by atoms with E-state index >= 15 is 0 Å². The lowest BCUT2D eigenvalue weighted by Crippen LogP contribution is -2.55. The van der Waals surface area contributed by atoms with Crippen molar-refractivity contribution in [2.75, 3.05) is 24.6 Å². The molecule has 9 heteroatoms. The number of carbonyl (C=O) groups excluding carboxylic acids is 4. The molecule has 0 saturated carbocycles. The lowest BCUT2D eigenvalue weighted by molar-refractivity contribution is -0.149. The molecule has 1 N–H and O–H groups in total. The molecule has 3 rings (SSSR count). The van der Waals surface area contributed by atoms with Crippen molar-refractivity contribution in [2.45, 2.75) is 19.8 Å². The maximum absolute atomic E-state index is 12.8. The second-order valence-corrected chi connectivity index (χ2v) is 6.92. The summed E-state index contributed by atoms with van der Waals surface area (Å²) in [6, 6.07) is 5.35. The van der Waals surface area contributed by atoms with E-state index in [1.807, 2.05) is 0 Å². The summed E-state index contributed by atoms with van der Waals surface area (Å²) in [7, 11) is 0. The Hall–Kier alpha value is -2.87. The highest BCUT2D eigenvalue weighted by molar-refractivity contribution is 6.37. The molecular formula is C19H20ClN3O5. The fourth-order valence-electron chi connectivity index (χ4n) is 3.18. The van der Waals surface area contributed by atoms with E-state index in [0.717, 1.165) is 4.90 Å². The molecule has 2 fully saturated rings.